The molecule has 0 saturated carbocycles. The van der Waals surface area contributed by atoms with Gasteiger partial charge in [0.25, 0.3) is 5.91 Å². The second kappa shape index (κ2) is 3.16. The summed E-state index contributed by atoms with van der Waals surface area (Å²) in [6.07, 6.45) is 0. The van der Waals surface area contributed by atoms with Gasteiger partial charge in [-0.2, -0.15) is 0 Å². The second-order valence-electron chi connectivity index (χ2n) is 2.25. The average Bonchev–Trinajstić information content (AvgIpc) is 2.05. The van der Waals surface area contributed by atoms with E-state index in [1.54, 1.807) is 24.3 Å². The molecule has 1 radical (unpaired) electrons. The van der Waals surface area contributed by atoms with E-state index in [-0.39, 0.29) is 0 Å². The standard InChI is InChI=1S/C8H9N2O/c9-7(8(10)11)6-4-2-1-3-5-6/h1-5,7,10H,9H2/t7-/m0/s1. The van der Waals surface area contributed by atoms with E-state index in [9.17, 15) is 4.79 Å². The van der Waals surface area contributed by atoms with E-state index < -0.39 is 11.9 Å². The van der Waals surface area contributed by atoms with Gasteiger partial charge in [-0.05, 0) is 5.56 Å². The zero-order valence-corrected chi connectivity index (χ0v) is 5.95. The van der Waals surface area contributed by atoms with E-state index >= 15 is 0 Å². The second-order valence-corrected chi connectivity index (χ2v) is 2.25. The Labute approximate surface area is 65.0 Å². The molecule has 57 valence electrons. The van der Waals surface area contributed by atoms with Gasteiger partial charge in [0.05, 0.1) is 0 Å². The first-order valence-corrected chi connectivity index (χ1v) is 3.28. The highest BCUT2D eigenvalue weighted by Crippen LogP contribution is 2.07. The summed E-state index contributed by atoms with van der Waals surface area (Å²) < 4.78 is 0. The zero-order chi connectivity index (χ0) is 8.27. The molecule has 1 rings (SSSR count). The Bertz CT molecular complexity index is 246. The van der Waals surface area contributed by atoms with E-state index in [2.05, 4.69) is 0 Å². The lowest BCUT2D eigenvalue weighted by atomic mass is 10.1. The molecule has 0 aliphatic heterocycles. The molecule has 0 bridgehead atoms. The van der Waals surface area contributed by atoms with Crippen LogP contribution in [-0.2, 0) is 4.79 Å². The number of hydrogen-bond acceptors (Lipinski definition) is 2. The largest absolute Gasteiger partial charge is 0.316 e. The van der Waals surface area contributed by atoms with Gasteiger partial charge in [0.1, 0.15) is 6.04 Å². The number of amides is 1. The first-order valence-electron chi connectivity index (χ1n) is 3.28. The van der Waals surface area contributed by atoms with Gasteiger partial charge in [0, 0.05) is 0 Å². The first-order chi connectivity index (χ1) is 5.22. The summed E-state index contributed by atoms with van der Waals surface area (Å²) >= 11 is 0. The number of rotatable bonds is 2. The normalized spacial score (nSPS) is 12.5. The Hall–Kier alpha value is -1.35. The smallest absolute Gasteiger partial charge is 0.259 e. The molecular formula is C8H9N2O. The molecule has 1 aromatic carbocycles. The molecule has 1 amide bonds. The minimum Gasteiger partial charge on any atom is -0.316 e. The fraction of sp³-hybridized carbons (Fsp3) is 0.125. The molecule has 0 fully saturated rings. The molecule has 11 heavy (non-hydrogen) atoms. The molecule has 1 atom stereocenters. The molecule has 0 aromatic heterocycles. The predicted octanol–water partition coefficient (Wildman–Crippen LogP) is 0.496. The van der Waals surface area contributed by atoms with Gasteiger partial charge in [-0.3, -0.25) is 10.5 Å². The first kappa shape index (κ1) is 7.75. The lowest BCUT2D eigenvalue weighted by Crippen LogP contribution is -2.21. The van der Waals surface area contributed by atoms with Crippen LogP contribution in [0.3, 0.4) is 0 Å². The van der Waals surface area contributed by atoms with Gasteiger partial charge >= 0.3 is 0 Å². The van der Waals surface area contributed by atoms with Crippen molar-refractivity contribution in [2.24, 2.45) is 5.73 Å². The summed E-state index contributed by atoms with van der Waals surface area (Å²) in [7, 11) is 0. The van der Waals surface area contributed by atoms with Crippen molar-refractivity contribution in [1.29, 1.82) is 0 Å². The molecule has 3 heteroatoms. The molecule has 3 N–H and O–H groups in total. The Morgan fingerprint density at radius 2 is 1.91 bits per heavy atom. The fourth-order valence-corrected chi connectivity index (χ4v) is 0.812. The van der Waals surface area contributed by atoms with Crippen LogP contribution in [0.15, 0.2) is 30.3 Å². The van der Waals surface area contributed by atoms with Gasteiger partial charge in [0.2, 0.25) is 0 Å². The molecule has 0 aliphatic carbocycles. The quantitative estimate of drug-likeness (QED) is 0.665. The van der Waals surface area contributed by atoms with Crippen molar-refractivity contribution in [1.82, 2.24) is 5.73 Å². The zero-order valence-electron chi connectivity index (χ0n) is 5.95. The average molecular weight is 149 g/mol. The van der Waals surface area contributed by atoms with E-state index in [4.69, 9.17) is 11.5 Å². The summed E-state index contributed by atoms with van der Waals surface area (Å²) in [6.45, 7) is 0. The highest BCUT2D eigenvalue weighted by atomic mass is 16.1. The maximum atomic E-state index is 10.5. The predicted molar refractivity (Wildman–Crippen MR) is 41.5 cm³/mol. The van der Waals surface area contributed by atoms with Crippen molar-refractivity contribution >= 4 is 5.91 Å². The number of carbonyl (C=O) groups is 1. The van der Waals surface area contributed by atoms with Crippen molar-refractivity contribution in [3.63, 3.8) is 0 Å². The summed E-state index contributed by atoms with van der Waals surface area (Å²) in [5.41, 5.74) is 12.8. The van der Waals surface area contributed by atoms with E-state index in [0.29, 0.717) is 5.56 Å². The van der Waals surface area contributed by atoms with Crippen LogP contribution in [-0.4, -0.2) is 5.91 Å². The van der Waals surface area contributed by atoms with Crippen molar-refractivity contribution in [2.45, 2.75) is 6.04 Å². The number of nitrogens with two attached hydrogens (primary N) is 1. The van der Waals surface area contributed by atoms with Crippen LogP contribution >= 0.6 is 0 Å². The highest BCUT2D eigenvalue weighted by Gasteiger charge is 2.10. The number of nitrogens with one attached hydrogen (secondary N) is 1. The minimum atomic E-state index is -0.795. The molecule has 3 nitrogen and oxygen atoms in total. The van der Waals surface area contributed by atoms with E-state index in [1.165, 1.54) is 0 Å². The summed E-state index contributed by atoms with van der Waals surface area (Å²) in [4.78, 5) is 10.5. The van der Waals surface area contributed by atoms with Crippen LogP contribution in [0.2, 0.25) is 0 Å². The third kappa shape index (κ3) is 1.78. The van der Waals surface area contributed by atoms with Gasteiger partial charge in [0.15, 0.2) is 0 Å². The molecule has 0 unspecified atom stereocenters. The van der Waals surface area contributed by atoms with Crippen LogP contribution in [0.25, 0.3) is 0 Å². The van der Waals surface area contributed by atoms with Gasteiger partial charge in [-0.25, -0.2) is 0 Å². The number of carbonyl (C=O) groups excluding carboxylic acids is 1. The van der Waals surface area contributed by atoms with Gasteiger partial charge in [-0.1, -0.05) is 30.3 Å². The molecule has 0 saturated heterocycles. The monoisotopic (exact) mass is 149 g/mol. The van der Waals surface area contributed by atoms with Crippen molar-refractivity contribution in [3.05, 3.63) is 35.9 Å². The topological polar surface area (TPSA) is 66.9 Å². The van der Waals surface area contributed by atoms with Gasteiger partial charge in [-0.15, -0.1) is 0 Å². The third-order valence-corrected chi connectivity index (χ3v) is 1.44. The van der Waals surface area contributed by atoms with Crippen LogP contribution in [0.4, 0.5) is 0 Å². The Kier molecular flexibility index (Phi) is 2.23. The Morgan fingerprint density at radius 3 is 2.36 bits per heavy atom. The van der Waals surface area contributed by atoms with Crippen LogP contribution in [0.1, 0.15) is 11.6 Å². The lowest BCUT2D eigenvalue weighted by Gasteiger charge is -2.04. The molecular weight excluding hydrogens is 140 g/mol. The Balaban J connectivity index is 2.85. The summed E-state index contributed by atoms with van der Waals surface area (Å²) in [6, 6.07) is 8.09. The SMILES string of the molecule is [NH]C(=O)[C@@H](N)c1ccccc1. The molecule has 0 aliphatic rings. The van der Waals surface area contributed by atoms with Crippen LogP contribution in [0.5, 0.6) is 0 Å². The molecule has 0 heterocycles. The van der Waals surface area contributed by atoms with E-state index in [1.807, 2.05) is 6.07 Å². The fourth-order valence-electron chi connectivity index (χ4n) is 0.812. The maximum absolute atomic E-state index is 10.5. The highest BCUT2D eigenvalue weighted by molar-refractivity contribution is 5.80. The number of hydrogen-bond donors (Lipinski definition) is 1. The van der Waals surface area contributed by atoms with Crippen LogP contribution < -0.4 is 11.5 Å². The van der Waals surface area contributed by atoms with Crippen molar-refractivity contribution < 1.29 is 4.79 Å². The summed E-state index contributed by atoms with van der Waals surface area (Å²) in [5.74, 6) is -0.754. The Morgan fingerprint density at radius 1 is 1.36 bits per heavy atom. The van der Waals surface area contributed by atoms with Crippen LogP contribution in [0, 0.1) is 0 Å². The molecule has 1 aromatic rings. The maximum Gasteiger partial charge on any atom is 0.259 e. The summed E-state index contributed by atoms with van der Waals surface area (Å²) in [5, 5.41) is 0. The van der Waals surface area contributed by atoms with E-state index in [0.717, 1.165) is 0 Å². The van der Waals surface area contributed by atoms with Crippen molar-refractivity contribution in [3.8, 4) is 0 Å². The number of benzene rings is 1. The third-order valence-electron chi connectivity index (χ3n) is 1.44. The lowest BCUT2D eigenvalue weighted by molar-refractivity contribution is -0.120. The van der Waals surface area contributed by atoms with Crippen molar-refractivity contribution in [2.75, 3.05) is 0 Å². The molecule has 0 spiro atoms. The van der Waals surface area contributed by atoms with Gasteiger partial charge < -0.3 is 5.73 Å². The minimum absolute atomic E-state index is 0.688.